The van der Waals surface area contributed by atoms with Gasteiger partial charge in [-0.1, -0.05) is 13.8 Å². The van der Waals surface area contributed by atoms with E-state index in [2.05, 4.69) is 19.2 Å². The Morgan fingerprint density at radius 2 is 1.67 bits per heavy atom. The first-order valence-electron chi connectivity index (χ1n) is 5.88. The molecule has 0 aromatic rings. The summed E-state index contributed by atoms with van der Waals surface area (Å²) in [6, 6.07) is 0.0292. The molecule has 3 nitrogen and oxygen atoms in total. The maximum absolute atomic E-state index is 9.78. The zero-order valence-electron chi connectivity index (χ0n) is 10.8. The molecule has 15 heavy (non-hydrogen) atoms. The molecule has 1 unspecified atom stereocenters. The van der Waals surface area contributed by atoms with Crippen LogP contribution in [0.25, 0.3) is 0 Å². The Bertz CT molecular complexity index is 163. The summed E-state index contributed by atoms with van der Waals surface area (Å²) in [4.78, 5) is 0. The second kappa shape index (κ2) is 5.83. The molecule has 0 saturated heterocycles. The largest absolute Gasteiger partial charge is 0.396 e. The minimum Gasteiger partial charge on any atom is -0.396 e. The van der Waals surface area contributed by atoms with Crippen LogP contribution in [0.1, 0.15) is 47.5 Å². The molecule has 0 aromatic heterocycles. The Labute approximate surface area is 93.9 Å². The van der Waals surface area contributed by atoms with Crippen LogP contribution < -0.4 is 5.32 Å². The summed E-state index contributed by atoms with van der Waals surface area (Å²) in [5.41, 5.74) is -0.762. The van der Waals surface area contributed by atoms with Crippen molar-refractivity contribution < 1.29 is 10.2 Å². The minimum absolute atomic E-state index is 0.0292. The highest BCUT2D eigenvalue weighted by atomic mass is 16.3. The molecular formula is C12H27NO2. The molecule has 0 aliphatic rings. The Morgan fingerprint density at radius 3 is 1.93 bits per heavy atom. The molecule has 0 radical (unpaired) electrons. The average Bonchev–Trinajstić information content (AvgIpc) is 2.19. The van der Waals surface area contributed by atoms with Crippen molar-refractivity contribution in [3.05, 3.63) is 0 Å². The third-order valence-electron chi connectivity index (χ3n) is 3.68. The summed E-state index contributed by atoms with van der Waals surface area (Å²) in [6.45, 7) is 10.7. The predicted octanol–water partition coefficient (Wildman–Crippen LogP) is 1.53. The number of hydrogen-bond donors (Lipinski definition) is 3. The van der Waals surface area contributed by atoms with Crippen LogP contribution in [-0.2, 0) is 0 Å². The fourth-order valence-electron chi connectivity index (χ4n) is 1.40. The van der Waals surface area contributed by atoms with E-state index in [1.807, 2.05) is 6.92 Å². The SMILES string of the molecule is CCC(CC)(CO)CNC(C)C(C)(C)O. The van der Waals surface area contributed by atoms with Crippen LogP contribution in [0.3, 0.4) is 0 Å². The van der Waals surface area contributed by atoms with E-state index in [1.54, 1.807) is 13.8 Å². The summed E-state index contributed by atoms with van der Waals surface area (Å²) < 4.78 is 0. The van der Waals surface area contributed by atoms with E-state index in [0.717, 1.165) is 19.4 Å². The molecule has 3 N–H and O–H groups in total. The smallest absolute Gasteiger partial charge is 0.0741 e. The first-order chi connectivity index (χ1) is 6.81. The lowest BCUT2D eigenvalue weighted by atomic mass is 9.82. The summed E-state index contributed by atoms with van der Waals surface area (Å²) >= 11 is 0. The molecule has 0 aliphatic carbocycles. The molecule has 0 fully saturated rings. The van der Waals surface area contributed by atoms with Crippen molar-refractivity contribution in [1.29, 1.82) is 0 Å². The monoisotopic (exact) mass is 217 g/mol. The van der Waals surface area contributed by atoms with Crippen LogP contribution in [0.4, 0.5) is 0 Å². The molecule has 0 bridgehead atoms. The van der Waals surface area contributed by atoms with E-state index >= 15 is 0 Å². The van der Waals surface area contributed by atoms with E-state index in [1.165, 1.54) is 0 Å². The molecule has 0 heterocycles. The van der Waals surface area contributed by atoms with Gasteiger partial charge in [-0.05, 0) is 33.6 Å². The second-order valence-electron chi connectivity index (χ2n) is 5.12. The Hall–Kier alpha value is -0.120. The quantitative estimate of drug-likeness (QED) is 0.606. The maximum Gasteiger partial charge on any atom is 0.0741 e. The van der Waals surface area contributed by atoms with Gasteiger partial charge >= 0.3 is 0 Å². The standard InChI is InChI=1S/C12H27NO2/c1-6-12(7-2,9-14)8-13-10(3)11(4,5)15/h10,13-15H,6-9H2,1-5H3. The van der Waals surface area contributed by atoms with E-state index in [9.17, 15) is 10.2 Å². The highest BCUT2D eigenvalue weighted by molar-refractivity contribution is 4.84. The van der Waals surface area contributed by atoms with Gasteiger partial charge in [-0.25, -0.2) is 0 Å². The van der Waals surface area contributed by atoms with Crippen molar-refractivity contribution in [3.63, 3.8) is 0 Å². The van der Waals surface area contributed by atoms with Gasteiger partial charge in [0.05, 0.1) is 5.60 Å². The lowest BCUT2D eigenvalue weighted by molar-refractivity contribution is 0.0325. The molecule has 92 valence electrons. The molecule has 0 saturated carbocycles. The van der Waals surface area contributed by atoms with Crippen molar-refractivity contribution in [2.24, 2.45) is 5.41 Å². The number of rotatable bonds is 7. The summed E-state index contributed by atoms with van der Waals surface area (Å²) in [7, 11) is 0. The minimum atomic E-state index is -0.720. The third kappa shape index (κ3) is 4.49. The second-order valence-corrected chi connectivity index (χ2v) is 5.12. The fraction of sp³-hybridized carbons (Fsp3) is 1.00. The predicted molar refractivity (Wildman–Crippen MR) is 63.9 cm³/mol. The zero-order valence-corrected chi connectivity index (χ0v) is 10.8. The van der Waals surface area contributed by atoms with Crippen molar-refractivity contribution in [3.8, 4) is 0 Å². The van der Waals surface area contributed by atoms with Gasteiger partial charge in [0.25, 0.3) is 0 Å². The van der Waals surface area contributed by atoms with Gasteiger partial charge < -0.3 is 15.5 Å². The number of aliphatic hydroxyl groups is 2. The Kier molecular flexibility index (Phi) is 5.78. The van der Waals surface area contributed by atoms with E-state index in [4.69, 9.17) is 0 Å². The first kappa shape index (κ1) is 14.9. The van der Waals surface area contributed by atoms with Crippen molar-refractivity contribution in [2.75, 3.05) is 13.2 Å². The van der Waals surface area contributed by atoms with Crippen LogP contribution in [-0.4, -0.2) is 35.0 Å². The Morgan fingerprint density at radius 1 is 1.20 bits per heavy atom. The first-order valence-corrected chi connectivity index (χ1v) is 5.88. The van der Waals surface area contributed by atoms with E-state index < -0.39 is 5.60 Å². The van der Waals surface area contributed by atoms with Crippen LogP contribution >= 0.6 is 0 Å². The molecule has 3 heteroatoms. The van der Waals surface area contributed by atoms with Gasteiger partial charge in [-0.2, -0.15) is 0 Å². The highest BCUT2D eigenvalue weighted by Crippen LogP contribution is 2.25. The normalized spacial score (nSPS) is 15.4. The van der Waals surface area contributed by atoms with Crippen LogP contribution in [0.15, 0.2) is 0 Å². The molecule has 0 spiro atoms. The van der Waals surface area contributed by atoms with Crippen LogP contribution in [0.5, 0.6) is 0 Å². The summed E-state index contributed by atoms with van der Waals surface area (Å²) in [5, 5.41) is 22.5. The van der Waals surface area contributed by atoms with E-state index in [0.29, 0.717) is 0 Å². The van der Waals surface area contributed by atoms with Gasteiger partial charge in [0, 0.05) is 24.6 Å². The maximum atomic E-state index is 9.78. The number of hydrogen-bond acceptors (Lipinski definition) is 3. The van der Waals surface area contributed by atoms with Gasteiger partial charge in [0.15, 0.2) is 0 Å². The van der Waals surface area contributed by atoms with Crippen molar-refractivity contribution in [2.45, 2.75) is 59.1 Å². The lowest BCUT2D eigenvalue weighted by Gasteiger charge is -2.34. The molecule has 0 aliphatic heterocycles. The topological polar surface area (TPSA) is 52.5 Å². The summed E-state index contributed by atoms with van der Waals surface area (Å²) in [6.07, 6.45) is 1.90. The molecule has 0 amide bonds. The molecule has 0 aromatic carbocycles. The summed E-state index contributed by atoms with van der Waals surface area (Å²) in [5.74, 6) is 0. The average molecular weight is 217 g/mol. The molecular weight excluding hydrogens is 190 g/mol. The van der Waals surface area contributed by atoms with Crippen LogP contribution in [0.2, 0.25) is 0 Å². The number of nitrogens with one attached hydrogen (secondary N) is 1. The van der Waals surface area contributed by atoms with Gasteiger partial charge in [0.1, 0.15) is 0 Å². The van der Waals surface area contributed by atoms with Crippen LogP contribution in [0, 0.1) is 5.41 Å². The van der Waals surface area contributed by atoms with Crippen molar-refractivity contribution >= 4 is 0 Å². The molecule has 1 atom stereocenters. The fourth-order valence-corrected chi connectivity index (χ4v) is 1.40. The molecule has 0 rings (SSSR count). The van der Waals surface area contributed by atoms with E-state index in [-0.39, 0.29) is 18.1 Å². The Balaban J connectivity index is 4.23. The number of aliphatic hydroxyl groups excluding tert-OH is 1. The van der Waals surface area contributed by atoms with Gasteiger partial charge in [0.2, 0.25) is 0 Å². The lowest BCUT2D eigenvalue weighted by Crippen LogP contribution is -2.49. The zero-order chi connectivity index (χ0) is 12.1. The van der Waals surface area contributed by atoms with Gasteiger partial charge in [-0.3, -0.25) is 0 Å². The third-order valence-corrected chi connectivity index (χ3v) is 3.68. The van der Waals surface area contributed by atoms with Crippen molar-refractivity contribution in [1.82, 2.24) is 5.32 Å². The highest BCUT2D eigenvalue weighted by Gasteiger charge is 2.28. The van der Waals surface area contributed by atoms with Gasteiger partial charge in [-0.15, -0.1) is 0 Å².